The minimum atomic E-state index is -1.72. The molecule has 0 aromatic heterocycles. The Kier molecular flexibility index (Phi) is 15.4. The monoisotopic (exact) mass is 276 g/mol. The molecule has 0 amide bonds. The van der Waals surface area contributed by atoms with Gasteiger partial charge in [0.1, 0.15) is 0 Å². The molecule has 1 atom stereocenters. The van der Waals surface area contributed by atoms with Crippen LogP contribution in [0.1, 0.15) is 84.5 Å². The maximum absolute atomic E-state index is 11.5. The second-order valence-electron chi connectivity index (χ2n) is 5.15. The summed E-state index contributed by atoms with van der Waals surface area (Å²) in [5.74, 6) is 0. The quantitative estimate of drug-likeness (QED) is 0.295. The topological polar surface area (TPSA) is 26.3 Å². The first-order valence-corrected chi connectivity index (χ1v) is 9.49. The summed E-state index contributed by atoms with van der Waals surface area (Å²) in [6.07, 6.45) is 14.7. The molecule has 0 N–H and O–H groups in total. The Bertz CT molecular complexity index is 183. The summed E-state index contributed by atoms with van der Waals surface area (Å²) in [6.45, 7) is 5.12. The minimum Gasteiger partial charge on any atom is -0.330 e. The first-order chi connectivity index (χ1) is 8.81. The average molecular weight is 276 g/mol. The summed E-state index contributed by atoms with van der Waals surface area (Å²) in [5, 5.41) is 0. The molecule has 0 rings (SSSR count). The normalized spacial score (nSPS) is 12.8. The highest BCUT2D eigenvalue weighted by molar-refractivity contribution is 7.39. The Morgan fingerprint density at radius 1 is 0.722 bits per heavy atom. The van der Waals surface area contributed by atoms with Gasteiger partial charge in [-0.15, -0.1) is 0 Å². The average Bonchev–Trinajstić information content (AvgIpc) is 2.37. The van der Waals surface area contributed by atoms with Crippen LogP contribution in [0.3, 0.4) is 0 Å². The summed E-state index contributed by atoms with van der Waals surface area (Å²) >= 11 is 0. The van der Waals surface area contributed by atoms with Gasteiger partial charge in [0.15, 0.2) is 8.03 Å². The Hall–Kier alpha value is 0.190. The predicted octanol–water partition coefficient (Wildman–Crippen LogP) is 5.81. The molecule has 1 unspecified atom stereocenters. The van der Waals surface area contributed by atoms with Crippen molar-refractivity contribution in [1.29, 1.82) is 0 Å². The van der Waals surface area contributed by atoms with E-state index in [2.05, 4.69) is 13.8 Å². The Labute approximate surface area is 115 Å². The SMILES string of the molecule is CCCCCCCCCCO[PH](=O)CCCCC. The molecule has 0 fully saturated rings. The van der Waals surface area contributed by atoms with Gasteiger partial charge in [0.25, 0.3) is 0 Å². The molecule has 0 bridgehead atoms. The van der Waals surface area contributed by atoms with Crippen LogP contribution >= 0.6 is 8.03 Å². The predicted molar refractivity (Wildman–Crippen MR) is 82.0 cm³/mol. The third-order valence-corrected chi connectivity index (χ3v) is 4.53. The van der Waals surface area contributed by atoms with Crippen molar-refractivity contribution < 1.29 is 9.09 Å². The van der Waals surface area contributed by atoms with E-state index in [1.165, 1.54) is 57.8 Å². The zero-order chi connectivity index (χ0) is 13.5. The van der Waals surface area contributed by atoms with Crippen molar-refractivity contribution in [2.45, 2.75) is 84.5 Å². The summed E-state index contributed by atoms with van der Waals surface area (Å²) in [7, 11) is -1.72. The molecule has 0 aromatic rings. The number of hydrogen-bond donors (Lipinski definition) is 0. The van der Waals surface area contributed by atoms with E-state index in [0.717, 1.165) is 19.0 Å². The molecular formula is C15H33O2P. The maximum Gasteiger partial charge on any atom is 0.191 e. The van der Waals surface area contributed by atoms with Gasteiger partial charge in [-0.3, -0.25) is 4.57 Å². The molecule has 0 aliphatic rings. The van der Waals surface area contributed by atoms with E-state index in [4.69, 9.17) is 4.52 Å². The van der Waals surface area contributed by atoms with Gasteiger partial charge in [0.05, 0.1) is 6.61 Å². The first kappa shape index (κ1) is 18.2. The van der Waals surface area contributed by atoms with Crippen LogP contribution in [0.5, 0.6) is 0 Å². The highest BCUT2D eigenvalue weighted by Gasteiger charge is 1.99. The van der Waals surface area contributed by atoms with E-state index in [9.17, 15) is 4.57 Å². The second-order valence-corrected chi connectivity index (χ2v) is 6.69. The highest BCUT2D eigenvalue weighted by atomic mass is 31.1. The third-order valence-electron chi connectivity index (χ3n) is 3.25. The summed E-state index contributed by atoms with van der Waals surface area (Å²) in [4.78, 5) is 0. The fourth-order valence-corrected chi connectivity index (χ4v) is 3.07. The fourth-order valence-electron chi connectivity index (χ4n) is 2.01. The van der Waals surface area contributed by atoms with Crippen LogP contribution in [0.25, 0.3) is 0 Å². The Morgan fingerprint density at radius 3 is 1.83 bits per heavy atom. The molecule has 0 saturated carbocycles. The molecule has 0 aliphatic heterocycles. The van der Waals surface area contributed by atoms with Crippen LogP contribution in [-0.4, -0.2) is 12.8 Å². The van der Waals surface area contributed by atoms with E-state index in [-0.39, 0.29) is 0 Å². The van der Waals surface area contributed by atoms with Crippen LogP contribution in [0.15, 0.2) is 0 Å². The standard InChI is InChI=1S/C15H33O2P/c1-3-5-7-8-9-10-11-12-14-17-18(16)15-13-6-4-2/h18H,3-15H2,1-2H3. The van der Waals surface area contributed by atoms with Gasteiger partial charge >= 0.3 is 0 Å². The van der Waals surface area contributed by atoms with Crippen molar-refractivity contribution >= 4 is 8.03 Å². The van der Waals surface area contributed by atoms with Crippen LogP contribution in [0, 0.1) is 0 Å². The van der Waals surface area contributed by atoms with Crippen LogP contribution in [0.4, 0.5) is 0 Å². The molecule has 0 aromatic carbocycles. The van der Waals surface area contributed by atoms with Gasteiger partial charge in [-0.2, -0.15) is 0 Å². The fraction of sp³-hybridized carbons (Fsp3) is 1.00. The third kappa shape index (κ3) is 14.3. The minimum absolute atomic E-state index is 0.707. The van der Waals surface area contributed by atoms with Gasteiger partial charge < -0.3 is 4.52 Å². The van der Waals surface area contributed by atoms with Gasteiger partial charge in [-0.05, 0) is 12.8 Å². The van der Waals surface area contributed by atoms with Gasteiger partial charge in [-0.25, -0.2) is 0 Å². The Balaban J connectivity index is 3.08. The molecule has 0 heterocycles. The molecule has 18 heavy (non-hydrogen) atoms. The molecule has 0 saturated heterocycles. The number of rotatable bonds is 14. The van der Waals surface area contributed by atoms with E-state index in [1.807, 2.05) is 0 Å². The molecule has 0 aliphatic carbocycles. The van der Waals surface area contributed by atoms with Crippen molar-refractivity contribution in [3.05, 3.63) is 0 Å². The van der Waals surface area contributed by atoms with Crippen molar-refractivity contribution in [3.8, 4) is 0 Å². The molecule has 3 heteroatoms. The van der Waals surface area contributed by atoms with Crippen molar-refractivity contribution in [2.24, 2.45) is 0 Å². The number of unbranched alkanes of at least 4 members (excludes halogenated alkanes) is 9. The summed E-state index contributed by atoms with van der Waals surface area (Å²) < 4.78 is 16.9. The van der Waals surface area contributed by atoms with Gasteiger partial charge in [0, 0.05) is 6.16 Å². The molecular weight excluding hydrogens is 243 g/mol. The van der Waals surface area contributed by atoms with E-state index >= 15 is 0 Å². The summed E-state index contributed by atoms with van der Waals surface area (Å²) in [6, 6.07) is 0. The molecule has 0 spiro atoms. The lowest BCUT2D eigenvalue weighted by atomic mass is 10.1. The van der Waals surface area contributed by atoms with Crippen molar-refractivity contribution in [2.75, 3.05) is 12.8 Å². The van der Waals surface area contributed by atoms with Gasteiger partial charge in [-0.1, -0.05) is 71.6 Å². The molecule has 0 radical (unpaired) electrons. The van der Waals surface area contributed by atoms with E-state index in [1.54, 1.807) is 0 Å². The highest BCUT2D eigenvalue weighted by Crippen LogP contribution is 2.24. The zero-order valence-electron chi connectivity index (χ0n) is 12.5. The first-order valence-electron chi connectivity index (χ1n) is 7.96. The molecule has 2 nitrogen and oxygen atoms in total. The molecule has 110 valence electrons. The van der Waals surface area contributed by atoms with Crippen LogP contribution in [0.2, 0.25) is 0 Å². The maximum atomic E-state index is 11.5. The Morgan fingerprint density at radius 2 is 1.22 bits per heavy atom. The van der Waals surface area contributed by atoms with Gasteiger partial charge in [0.2, 0.25) is 0 Å². The lowest BCUT2D eigenvalue weighted by molar-refractivity contribution is 0.315. The van der Waals surface area contributed by atoms with E-state index in [0.29, 0.717) is 6.61 Å². The van der Waals surface area contributed by atoms with E-state index < -0.39 is 8.03 Å². The smallest absolute Gasteiger partial charge is 0.191 e. The zero-order valence-corrected chi connectivity index (χ0v) is 13.5. The second kappa shape index (κ2) is 15.2. The van der Waals surface area contributed by atoms with Crippen LogP contribution in [-0.2, 0) is 9.09 Å². The lowest BCUT2D eigenvalue weighted by Gasteiger charge is -2.04. The summed E-state index contributed by atoms with van der Waals surface area (Å²) in [5.41, 5.74) is 0. The number of hydrogen-bond acceptors (Lipinski definition) is 2. The largest absolute Gasteiger partial charge is 0.330 e. The van der Waals surface area contributed by atoms with Crippen molar-refractivity contribution in [3.63, 3.8) is 0 Å². The van der Waals surface area contributed by atoms with Crippen LogP contribution < -0.4 is 0 Å². The van der Waals surface area contributed by atoms with Crippen molar-refractivity contribution in [1.82, 2.24) is 0 Å². The lowest BCUT2D eigenvalue weighted by Crippen LogP contribution is -1.90.